The average molecular weight is 293 g/mol. The van der Waals surface area contributed by atoms with E-state index in [-0.39, 0.29) is 0 Å². The van der Waals surface area contributed by atoms with Gasteiger partial charge in [-0.1, -0.05) is 12.8 Å². The lowest BCUT2D eigenvalue weighted by Gasteiger charge is -2.39. The topological polar surface area (TPSA) is 111 Å². The van der Waals surface area contributed by atoms with Crippen molar-refractivity contribution in [1.29, 1.82) is 0 Å². The second-order valence-corrected chi connectivity index (χ2v) is 5.09. The molecule has 1 aliphatic rings. The zero-order chi connectivity index (χ0) is 15.0. The molecule has 5 N–H and O–H groups in total. The fourth-order valence-corrected chi connectivity index (χ4v) is 2.16. The van der Waals surface area contributed by atoms with Gasteiger partial charge in [0.2, 0.25) is 0 Å². The number of ether oxygens (including phenoxy) is 2. The van der Waals surface area contributed by atoms with Crippen LogP contribution in [-0.4, -0.2) is 77.9 Å². The Balaban J connectivity index is 2.21. The third-order valence-electron chi connectivity index (χ3n) is 3.45. The maximum atomic E-state index is 9.74. The van der Waals surface area contributed by atoms with Crippen LogP contribution in [0.2, 0.25) is 0 Å². The van der Waals surface area contributed by atoms with Crippen molar-refractivity contribution in [1.82, 2.24) is 5.32 Å². The molecule has 1 fully saturated rings. The Morgan fingerprint density at radius 1 is 1.00 bits per heavy atom. The Labute approximate surface area is 119 Å². The molecule has 120 valence electrons. The van der Waals surface area contributed by atoms with Crippen molar-refractivity contribution in [2.45, 2.75) is 56.4 Å². The third-order valence-corrected chi connectivity index (χ3v) is 3.45. The van der Waals surface area contributed by atoms with Crippen molar-refractivity contribution in [2.24, 2.45) is 0 Å². The number of hydrogen-bond acceptors (Lipinski definition) is 7. The SMILES string of the molecule is CNCCCCCCO[C@@H]1OC(CO)[C@@H](O)[C@H](O)C1O. The van der Waals surface area contributed by atoms with E-state index in [1.165, 1.54) is 0 Å². The fraction of sp³-hybridized carbons (Fsp3) is 1.00. The van der Waals surface area contributed by atoms with Crippen molar-refractivity contribution < 1.29 is 29.9 Å². The summed E-state index contributed by atoms with van der Waals surface area (Å²) < 4.78 is 10.6. The summed E-state index contributed by atoms with van der Waals surface area (Å²) in [7, 11) is 1.92. The van der Waals surface area contributed by atoms with Crippen LogP contribution < -0.4 is 5.32 Å². The van der Waals surface area contributed by atoms with Crippen LogP contribution in [0.1, 0.15) is 25.7 Å². The summed E-state index contributed by atoms with van der Waals surface area (Å²) in [5, 5.41) is 41.1. The minimum Gasteiger partial charge on any atom is -0.394 e. The molecule has 1 heterocycles. The van der Waals surface area contributed by atoms with Gasteiger partial charge in [-0.2, -0.15) is 0 Å². The first-order valence-electron chi connectivity index (χ1n) is 7.18. The molecule has 0 aromatic heterocycles. The van der Waals surface area contributed by atoms with E-state index in [1.807, 2.05) is 7.05 Å². The summed E-state index contributed by atoms with van der Waals surface area (Å²) >= 11 is 0. The maximum Gasteiger partial charge on any atom is 0.186 e. The molecular formula is C13H27NO6. The maximum absolute atomic E-state index is 9.74. The van der Waals surface area contributed by atoms with Crippen LogP contribution in [0.5, 0.6) is 0 Å². The lowest BCUT2D eigenvalue weighted by atomic mass is 9.99. The first-order chi connectivity index (χ1) is 9.61. The standard InChI is InChI=1S/C13H27NO6/c1-14-6-4-2-3-5-7-19-13-12(18)11(17)10(16)9(8-15)20-13/h9-18H,2-8H2,1H3/t9?,10-,11+,12?,13-/m1/s1. The molecule has 1 aliphatic heterocycles. The van der Waals surface area contributed by atoms with E-state index in [4.69, 9.17) is 14.6 Å². The largest absolute Gasteiger partial charge is 0.394 e. The Morgan fingerprint density at radius 2 is 1.70 bits per heavy atom. The van der Waals surface area contributed by atoms with Gasteiger partial charge in [0.15, 0.2) is 6.29 Å². The van der Waals surface area contributed by atoms with Gasteiger partial charge in [0.1, 0.15) is 24.4 Å². The molecule has 2 unspecified atom stereocenters. The van der Waals surface area contributed by atoms with Gasteiger partial charge in [0, 0.05) is 6.61 Å². The summed E-state index contributed by atoms with van der Waals surface area (Å²) in [6.45, 7) is 0.963. The van der Waals surface area contributed by atoms with Gasteiger partial charge >= 0.3 is 0 Å². The molecule has 20 heavy (non-hydrogen) atoms. The number of unbranched alkanes of at least 4 members (excludes halogenated alkanes) is 3. The number of rotatable bonds is 9. The highest BCUT2D eigenvalue weighted by Gasteiger charge is 2.43. The molecule has 1 saturated heterocycles. The molecule has 0 aromatic rings. The van der Waals surface area contributed by atoms with E-state index in [1.54, 1.807) is 0 Å². The smallest absolute Gasteiger partial charge is 0.186 e. The number of hydrogen-bond donors (Lipinski definition) is 5. The van der Waals surface area contributed by atoms with Crippen molar-refractivity contribution >= 4 is 0 Å². The molecular weight excluding hydrogens is 266 g/mol. The molecule has 0 spiro atoms. The predicted molar refractivity (Wildman–Crippen MR) is 72.1 cm³/mol. The van der Waals surface area contributed by atoms with Crippen molar-refractivity contribution in [3.63, 3.8) is 0 Å². The zero-order valence-corrected chi connectivity index (χ0v) is 11.9. The average Bonchev–Trinajstić information content (AvgIpc) is 2.46. The van der Waals surface area contributed by atoms with Crippen LogP contribution in [0.25, 0.3) is 0 Å². The fourth-order valence-electron chi connectivity index (χ4n) is 2.16. The first kappa shape index (κ1) is 17.8. The highest BCUT2D eigenvalue weighted by atomic mass is 16.7. The Bertz CT molecular complexity index is 253. The van der Waals surface area contributed by atoms with Gasteiger partial charge in [-0.15, -0.1) is 0 Å². The van der Waals surface area contributed by atoms with E-state index in [0.717, 1.165) is 32.2 Å². The Hall–Kier alpha value is -0.280. The molecule has 0 amide bonds. The molecule has 0 aliphatic carbocycles. The number of nitrogens with one attached hydrogen (secondary N) is 1. The van der Waals surface area contributed by atoms with Gasteiger partial charge in [-0.3, -0.25) is 0 Å². The summed E-state index contributed by atoms with van der Waals surface area (Å²) in [6.07, 6.45) is -1.89. The molecule has 7 nitrogen and oxygen atoms in total. The second kappa shape index (κ2) is 9.62. The Morgan fingerprint density at radius 3 is 2.35 bits per heavy atom. The first-order valence-corrected chi connectivity index (χ1v) is 7.18. The van der Waals surface area contributed by atoms with Gasteiger partial charge < -0.3 is 35.2 Å². The van der Waals surface area contributed by atoms with Crippen LogP contribution in [0.15, 0.2) is 0 Å². The minimum absolute atomic E-state index is 0.405. The monoisotopic (exact) mass is 293 g/mol. The molecule has 5 atom stereocenters. The van der Waals surface area contributed by atoms with Crippen LogP contribution in [0.4, 0.5) is 0 Å². The van der Waals surface area contributed by atoms with E-state index in [9.17, 15) is 15.3 Å². The number of aliphatic hydroxyl groups is 4. The van der Waals surface area contributed by atoms with Crippen LogP contribution in [0.3, 0.4) is 0 Å². The third kappa shape index (κ3) is 5.25. The normalized spacial score (nSPS) is 34.4. The Kier molecular flexibility index (Phi) is 8.55. The zero-order valence-electron chi connectivity index (χ0n) is 11.9. The molecule has 0 saturated carbocycles. The van der Waals surface area contributed by atoms with E-state index in [2.05, 4.69) is 5.32 Å². The second-order valence-electron chi connectivity index (χ2n) is 5.09. The van der Waals surface area contributed by atoms with Gasteiger partial charge in [-0.05, 0) is 26.4 Å². The van der Waals surface area contributed by atoms with E-state index < -0.39 is 37.3 Å². The highest BCUT2D eigenvalue weighted by molar-refractivity contribution is 4.88. The summed E-state index contributed by atoms with van der Waals surface area (Å²) in [5.74, 6) is 0. The van der Waals surface area contributed by atoms with Crippen LogP contribution in [-0.2, 0) is 9.47 Å². The van der Waals surface area contributed by atoms with Gasteiger partial charge in [0.05, 0.1) is 6.61 Å². The summed E-state index contributed by atoms with van der Waals surface area (Å²) in [4.78, 5) is 0. The van der Waals surface area contributed by atoms with Crippen LogP contribution >= 0.6 is 0 Å². The summed E-state index contributed by atoms with van der Waals surface area (Å²) in [6, 6.07) is 0. The van der Waals surface area contributed by atoms with Gasteiger partial charge in [0.25, 0.3) is 0 Å². The number of aliphatic hydroxyl groups excluding tert-OH is 4. The van der Waals surface area contributed by atoms with Gasteiger partial charge in [-0.25, -0.2) is 0 Å². The highest BCUT2D eigenvalue weighted by Crippen LogP contribution is 2.22. The van der Waals surface area contributed by atoms with Crippen molar-refractivity contribution in [2.75, 3.05) is 26.8 Å². The summed E-state index contributed by atoms with van der Waals surface area (Å²) in [5.41, 5.74) is 0. The quantitative estimate of drug-likeness (QED) is 0.332. The minimum atomic E-state index is -1.37. The molecule has 0 radical (unpaired) electrons. The molecule has 1 rings (SSSR count). The van der Waals surface area contributed by atoms with E-state index in [0.29, 0.717) is 6.61 Å². The van der Waals surface area contributed by atoms with Crippen molar-refractivity contribution in [3.05, 3.63) is 0 Å². The van der Waals surface area contributed by atoms with Crippen molar-refractivity contribution in [3.8, 4) is 0 Å². The lowest BCUT2D eigenvalue weighted by Crippen LogP contribution is -2.59. The lowest BCUT2D eigenvalue weighted by molar-refractivity contribution is -0.301. The van der Waals surface area contributed by atoms with E-state index >= 15 is 0 Å². The predicted octanol–water partition coefficient (Wildman–Crippen LogP) is -1.42. The molecule has 7 heteroatoms. The molecule has 0 bridgehead atoms. The van der Waals surface area contributed by atoms with Crippen LogP contribution in [0, 0.1) is 0 Å². The molecule has 0 aromatic carbocycles.